The Kier molecular flexibility index (Phi) is 5.61. The topological polar surface area (TPSA) is 89.8 Å². The number of carboxylic acid groups (broad SMARTS) is 1. The van der Waals surface area contributed by atoms with Gasteiger partial charge in [-0.3, -0.25) is 4.79 Å². The van der Waals surface area contributed by atoms with Gasteiger partial charge in [0.1, 0.15) is 0 Å². The summed E-state index contributed by atoms with van der Waals surface area (Å²) < 4.78 is 0. The van der Waals surface area contributed by atoms with Crippen LogP contribution in [0.2, 0.25) is 0 Å². The molecule has 0 saturated heterocycles. The normalized spacial score (nSPS) is 11.6. The van der Waals surface area contributed by atoms with Gasteiger partial charge in [-0.1, -0.05) is 0 Å². The third kappa shape index (κ3) is 5.57. The van der Waals surface area contributed by atoms with Crippen molar-refractivity contribution in [1.29, 1.82) is 0 Å². The number of hydrogen-bond donors (Lipinski definition) is 4. The maximum atomic E-state index is 10.1. The minimum Gasteiger partial charge on any atom is -0.481 e. The van der Waals surface area contributed by atoms with Crippen molar-refractivity contribution < 1.29 is 20.1 Å². The van der Waals surface area contributed by atoms with Crippen LogP contribution in [0.1, 0.15) is 19.8 Å². The summed E-state index contributed by atoms with van der Waals surface area (Å²) in [6.45, 7) is 1.81. The van der Waals surface area contributed by atoms with Gasteiger partial charge in [0.25, 0.3) is 0 Å². The van der Waals surface area contributed by atoms with E-state index in [1.165, 1.54) is 0 Å². The van der Waals surface area contributed by atoms with E-state index in [-0.39, 0.29) is 19.6 Å². The summed E-state index contributed by atoms with van der Waals surface area (Å²) in [6.07, 6.45) is 0.588. The van der Waals surface area contributed by atoms with Gasteiger partial charge in [-0.15, -0.1) is 0 Å². The van der Waals surface area contributed by atoms with Crippen LogP contribution < -0.4 is 5.32 Å². The lowest BCUT2D eigenvalue weighted by Gasteiger charge is -2.26. The number of hydrogen-bond acceptors (Lipinski definition) is 4. The predicted molar refractivity (Wildman–Crippen MR) is 47.4 cm³/mol. The summed E-state index contributed by atoms with van der Waals surface area (Å²) in [5, 5.41) is 28.9. The number of aliphatic hydroxyl groups excluding tert-OH is 2. The van der Waals surface area contributed by atoms with Crippen molar-refractivity contribution in [3.63, 3.8) is 0 Å². The van der Waals surface area contributed by atoms with Gasteiger partial charge in [0.05, 0.1) is 18.8 Å². The Hall–Kier alpha value is -0.650. The van der Waals surface area contributed by atoms with E-state index in [0.717, 1.165) is 0 Å². The smallest absolute Gasteiger partial charge is 0.303 e. The number of nitrogens with one attached hydrogen (secondary N) is 1. The van der Waals surface area contributed by atoms with E-state index in [0.29, 0.717) is 13.0 Å². The van der Waals surface area contributed by atoms with Gasteiger partial charge in [0, 0.05) is 6.42 Å². The third-order valence-corrected chi connectivity index (χ3v) is 1.82. The molecule has 0 radical (unpaired) electrons. The van der Waals surface area contributed by atoms with Gasteiger partial charge < -0.3 is 20.6 Å². The number of aliphatic carboxylic acids is 1. The van der Waals surface area contributed by atoms with Crippen LogP contribution >= 0.6 is 0 Å². The Morgan fingerprint density at radius 2 is 1.92 bits per heavy atom. The van der Waals surface area contributed by atoms with Crippen LogP contribution in [0.15, 0.2) is 0 Å². The number of rotatable bonds is 7. The SMILES string of the molecule is CC(CO)(CO)NCCCC(=O)O. The zero-order valence-electron chi connectivity index (χ0n) is 7.79. The molecule has 0 rings (SSSR count). The van der Waals surface area contributed by atoms with Crippen LogP contribution in [0.5, 0.6) is 0 Å². The van der Waals surface area contributed by atoms with E-state index in [4.69, 9.17) is 15.3 Å². The standard InChI is InChI=1S/C8H17NO4/c1-8(5-10,6-11)9-4-2-3-7(12)13/h9-11H,2-6H2,1H3,(H,12,13). The molecule has 13 heavy (non-hydrogen) atoms. The number of carbonyl (C=O) groups is 1. The molecule has 0 amide bonds. The quantitative estimate of drug-likeness (QED) is 0.395. The lowest BCUT2D eigenvalue weighted by molar-refractivity contribution is -0.137. The first kappa shape index (κ1) is 12.3. The van der Waals surface area contributed by atoms with E-state index in [2.05, 4.69) is 5.32 Å². The van der Waals surface area contributed by atoms with Crippen molar-refractivity contribution in [3.8, 4) is 0 Å². The zero-order chi connectivity index (χ0) is 10.3. The first-order valence-electron chi connectivity index (χ1n) is 4.22. The number of aliphatic hydroxyl groups is 2. The monoisotopic (exact) mass is 191 g/mol. The third-order valence-electron chi connectivity index (χ3n) is 1.82. The second kappa shape index (κ2) is 5.90. The fourth-order valence-corrected chi connectivity index (χ4v) is 0.792. The second-order valence-corrected chi connectivity index (χ2v) is 3.30. The van der Waals surface area contributed by atoms with Gasteiger partial charge in [-0.2, -0.15) is 0 Å². The van der Waals surface area contributed by atoms with E-state index in [9.17, 15) is 4.79 Å². The minimum atomic E-state index is -0.837. The van der Waals surface area contributed by atoms with Gasteiger partial charge in [-0.05, 0) is 19.9 Å². The molecule has 0 atom stereocenters. The molecule has 0 heterocycles. The average molecular weight is 191 g/mol. The highest BCUT2D eigenvalue weighted by atomic mass is 16.4. The first-order chi connectivity index (χ1) is 6.04. The van der Waals surface area contributed by atoms with Crippen LogP contribution in [0.4, 0.5) is 0 Å². The van der Waals surface area contributed by atoms with Crippen molar-refractivity contribution in [2.24, 2.45) is 0 Å². The van der Waals surface area contributed by atoms with Gasteiger partial charge in [-0.25, -0.2) is 0 Å². The highest BCUT2D eigenvalue weighted by molar-refractivity contribution is 5.66. The minimum absolute atomic E-state index is 0.0972. The fraction of sp³-hybridized carbons (Fsp3) is 0.875. The molecule has 0 aliphatic rings. The Morgan fingerprint density at radius 3 is 2.31 bits per heavy atom. The molecule has 5 heteroatoms. The van der Waals surface area contributed by atoms with E-state index >= 15 is 0 Å². The Morgan fingerprint density at radius 1 is 1.38 bits per heavy atom. The highest BCUT2D eigenvalue weighted by Crippen LogP contribution is 2.00. The Balaban J connectivity index is 3.55. The molecule has 0 bridgehead atoms. The Bertz CT molecular complexity index is 156. The lowest BCUT2D eigenvalue weighted by atomic mass is 10.1. The lowest BCUT2D eigenvalue weighted by Crippen LogP contribution is -2.49. The fourth-order valence-electron chi connectivity index (χ4n) is 0.792. The van der Waals surface area contributed by atoms with E-state index < -0.39 is 11.5 Å². The molecule has 0 unspecified atom stereocenters. The summed E-state index contributed by atoms with van der Waals surface area (Å²) in [5.74, 6) is -0.837. The molecular formula is C8H17NO4. The second-order valence-electron chi connectivity index (χ2n) is 3.30. The van der Waals surface area contributed by atoms with E-state index in [1.807, 2.05) is 0 Å². The molecular weight excluding hydrogens is 174 g/mol. The molecule has 0 aliphatic heterocycles. The van der Waals surface area contributed by atoms with Crippen LogP contribution in [0.25, 0.3) is 0 Å². The van der Waals surface area contributed by atoms with E-state index in [1.54, 1.807) is 6.92 Å². The predicted octanol–water partition coefficient (Wildman–Crippen LogP) is -0.816. The maximum Gasteiger partial charge on any atom is 0.303 e. The van der Waals surface area contributed by atoms with Crippen molar-refractivity contribution in [3.05, 3.63) is 0 Å². The average Bonchev–Trinajstić information content (AvgIpc) is 2.12. The van der Waals surface area contributed by atoms with Crippen LogP contribution in [0, 0.1) is 0 Å². The van der Waals surface area contributed by atoms with Gasteiger partial charge >= 0.3 is 5.97 Å². The zero-order valence-corrected chi connectivity index (χ0v) is 7.79. The molecule has 4 N–H and O–H groups in total. The van der Waals surface area contributed by atoms with Crippen molar-refractivity contribution in [1.82, 2.24) is 5.32 Å². The van der Waals surface area contributed by atoms with Crippen LogP contribution in [-0.2, 0) is 4.79 Å². The highest BCUT2D eigenvalue weighted by Gasteiger charge is 2.20. The molecule has 0 saturated carbocycles. The first-order valence-corrected chi connectivity index (χ1v) is 4.22. The van der Waals surface area contributed by atoms with Crippen LogP contribution in [-0.4, -0.2) is 46.6 Å². The molecule has 5 nitrogen and oxygen atoms in total. The molecule has 0 fully saturated rings. The molecule has 0 aromatic heterocycles. The summed E-state index contributed by atoms with van der Waals surface area (Å²) >= 11 is 0. The molecule has 0 aromatic rings. The Labute approximate surface area is 77.4 Å². The number of carboxylic acids is 1. The summed E-state index contributed by atoms with van der Waals surface area (Å²) in [4.78, 5) is 10.1. The largest absolute Gasteiger partial charge is 0.481 e. The van der Waals surface area contributed by atoms with Gasteiger partial charge in [0.15, 0.2) is 0 Å². The van der Waals surface area contributed by atoms with Gasteiger partial charge in [0.2, 0.25) is 0 Å². The van der Waals surface area contributed by atoms with Crippen molar-refractivity contribution in [2.75, 3.05) is 19.8 Å². The molecule has 0 aliphatic carbocycles. The summed E-state index contributed by atoms with van der Waals surface area (Å²) in [7, 11) is 0. The molecule has 78 valence electrons. The molecule has 0 spiro atoms. The maximum absolute atomic E-state index is 10.1. The van der Waals surface area contributed by atoms with Crippen molar-refractivity contribution >= 4 is 5.97 Å². The van der Waals surface area contributed by atoms with Crippen LogP contribution in [0.3, 0.4) is 0 Å². The van der Waals surface area contributed by atoms with Crippen molar-refractivity contribution in [2.45, 2.75) is 25.3 Å². The summed E-state index contributed by atoms with van der Waals surface area (Å²) in [6, 6.07) is 0. The molecule has 0 aromatic carbocycles. The summed E-state index contributed by atoms with van der Waals surface area (Å²) in [5.41, 5.74) is -0.710.